The third kappa shape index (κ3) is 5.38. The molecule has 1 atom stereocenters. The van der Waals surface area contributed by atoms with Crippen LogP contribution in [0.4, 0.5) is 0 Å². The van der Waals surface area contributed by atoms with Crippen molar-refractivity contribution in [1.82, 2.24) is 5.32 Å². The Labute approximate surface area is 127 Å². The van der Waals surface area contributed by atoms with Crippen molar-refractivity contribution in [3.05, 3.63) is 28.8 Å². The molecule has 1 amide bonds. The second kappa shape index (κ2) is 8.67. The predicted octanol–water partition coefficient (Wildman–Crippen LogP) is 2.87. The molecule has 1 unspecified atom stereocenters. The normalized spacial score (nSPS) is 12.0. The third-order valence-electron chi connectivity index (χ3n) is 3.45. The minimum atomic E-state index is -0.524. The monoisotopic (exact) mass is 293 g/mol. The summed E-state index contributed by atoms with van der Waals surface area (Å²) in [4.78, 5) is 12.0. The second-order valence-electron chi connectivity index (χ2n) is 5.48. The average molecular weight is 293 g/mol. The molecule has 4 nitrogen and oxygen atoms in total. The summed E-state index contributed by atoms with van der Waals surface area (Å²) in [6.45, 7) is 8.45. The summed E-state index contributed by atoms with van der Waals surface area (Å²) in [5, 5.41) is 12.1. The van der Waals surface area contributed by atoms with Crippen molar-refractivity contribution in [3.63, 3.8) is 0 Å². The standard InChI is InChI=1S/C17H27NO3/c1-5-6-7-8-18-17(20)14(4)21-16-12(2)9-15(11-19)10-13(16)3/h9-10,14,19H,5-8,11H2,1-4H3,(H,18,20). The topological polar surface area (TPSA) is 58.6 Å². The Bertz CT molecular complexity index is 448. The van der Waals surface area contributed by atoms with Crippen molar-refractivity contribution in [2.45, 2.75) is 59.7 Å². The molecule has 1 aromatic carbocycles. The number of benzene rings is 1. The van der Waals surface area contributed by atoms with Gasteiger partial charge in [-0.05, 0) is 43.9 Å². The number of carbonyl (C=O) groups is 1. The number of aliphatic hydroxyl groups excluding tert-OH is 1. The van der Waals surface area contributed by atoms with Gasteiger partial charge in [-0.1, -0.05) is 31.9 Å². The number of amides is 1. The van der Waals surface area contributed by atoms with Crippen molar-refractivity contribution >= 4 is 5.91 Å². The van der Waals surface area contributed by atoms with Crippen molar-refractivity contribution in [1.29, 1.82) is 0 Å². The Morgan fingerprint density at radius 3 is 2.43 bits per heavy atom. The van der Waals surface area contributed by atoms with Gasteiger partial charge >= 0.3 is 0 Å². The first-order chi connectivity index (χ1) is 9.99. The van der Waals surface area contributed by atoms with Crippen molar-refractivity contribution in [3.8, 4) is 5.75 Å². The van der Waals surface area contributed by atoms with Crippen LogP contribution in [0.25, 0.3) is 0 Å². The van der Waals surface area contributed by atoms with E-state index >= 15 is 0 Å². The lowest BCUT2D eigenvalue weighted by molar-refractivity contribution is -0.127. The lowest BCUT2D eigenvalue weighted by Crippen LogP contribution is -2.37. The molecular weight excluding hydrogens is 266 g/mol. The quantitative estimate of drug-likeness (QED) is 0.725. The fourth-order valence-electron chi connectivity index (χ4n) is 2.28. The van der Waals surface area contributed by atoms with Crippen LogP contribution in [0.1, 0.15) is 49.8 Å². The van der Waals surface area contributed by atoms with Gasteiger partial charge in [0.2, 0.25) is 0 Å². The maximum Gasteiger partial charge on any atom is 0.260 e. The number of ether oxygens (including phenoxy) is 1. The van der Waals surface area contributed by atoms with Gasteiger partial charge in [-0.2, -0.15) is 0 Å². The molecule has 118 valence electrons. The molecule has 0 bridgehead atoms. The van der Waals surface area contributed by atoms with E-state index in [0.29, 0.717) is 6.54 Å². The molecular formula is C17H27NO3. The van der Waals surface area contributed by atoms with E-state index in [2.05, 4.69) is 12.2 Å². The van der Waals surface area contributed by atoms with Crippen molar-refractivity contribution in [2.75, 3.05) is 6.54 Å². The van der Waals surface area contributed by atoms with E-state index in [0.717, 1.165) is 41.7 Å². The predicted molar refractivity (Wildman–Crippen MR) is 84.5 cm³/mol. The molecule has 0 aromatic heterocycles. The second-order valence-corrected chi connectivity index (χ2v) is 5.48. The summed E-state index contributed by atoms with van der Waals surface area (Å²) in [7, 11) is 0. The Balaban J connectivity index is 2.62. The molecule has 0 fully saturated rings. The van der Waals surface area contributed by atoms with Crippen LogP contribution in [0.3, 0.4) is 0 Å². The highest BCUT2D eigenvalue weighted by Crippen LogP contribution is 2.26. The lowest BCUT2D eigenvalue weighted by Gasteiger charge is -2.18. The Hall–Kier alpha value is -1.55. The molecule has 0 aliphatic rings. The molecule has 0 radical (unpaired) electrons. The van der Waals surface area contributed by atoms with Gasteiger partial charge < -0.3 is 15.2 Å². The van der Waals surface area contributed by atoms with Crippen LogP contribution in [0, 0.1) is 13.8 Å². The Kier molecular flexibility index (Phi) is 7.23. The van der Waals surface area contributed by atoms with Crippen LogP contribution < -0.4 is 10.1 Å². The number of carbonyl (C=O) groups excluding carboxylic acids is 1. The zero-order valence-electron chi connectivity index (χ0n) is 13.5. The Morgan fingerprint density at radius 1 is 1.29 bits per heavy atom. The van der Waals surface area contributed by atoms with Crippen LogP contribution in [0.5, 0.6) is 5.75 Å². The van der Waals surface area contributed by atoms with E-state index in [9.17, 15) is 9.90 Å². The SMILES string of the molecule is CCCCCNC(=O)C(C)Oc1c(C)cc(CO)cc1C. The summed E-state index contributed by atoms with van der Waals surface area (Å²) in [5.41, 5.74) is 2.73. The first-order valence-corrected chi connectivity index (χ1v) is 7.65. The van der Waals surface area contributed by atoms with E-state index in [1.807, 2.05) is 26.0 Å². The smallest absolute Gasteiger partial charge is 0.260 e. The molecule has 1 aromatic rings. The van der Waals surface area contributed by atoms with Gasteiger partial charge in [0.1, 0.15) is 5.75 Å². The van der Waals surface area contributed by atoms with E-state index in [-0.39, 0.29) is 12.5 Å². The zero-order chi connectivity index (χ0) is 15.8. The molecule has 21 heavy (non-hydrogen) atoms. The maximum atomic E-state index is 12.0. The minimum Gasteiger partial charge on any atom is -0.480 e. The summed E-state index contributed by atoms with van der Waals surface area (Å²) >= 11 is 0. The van der Waals surface area contributed by atoms with E-state index < -0.39 is 6.10 Å². The van der Waals surface area contributed by atoms with Gasteiger partial charge in [0, 0.05) is 6.54 Å². The van der Waals surface area contributed by atoms with Crippen LogP contribution in [-0.4, -0.2) is 23.7 Å². The average Bonchev–Trinajstić information content (AvgIpc) is 2.46. The highest BCUT2D eigenvalue weighted by Gasteiger charge is 2.16. The molecule has 0 spiro atoms. The zero-order valence-corrected chi connectivity index (χ0v) is 13.5. The highest BCUT2D eigenvalue weighted by atomic mass is 16.5. The van der Waals surface area contributed by atoms with Crippen LogP contribution >= 0.6 is 0 Å². The van der Waals surface area contributed by atoms with Crippen LogP contribution in [0.15, 0.2) is 12.1 Å². The van der Waals surface area contributed by atoms with Crippen LogP contribution in [-0.2, 0) is 11.4 Å². The van der Waals surface area contributed by atoms with E-state index in [1.54, 1.807) is 6.92 Å². The number of hydrogen-bond donors (Lipinski definition) is 2. The van der Waals surface area contributed by atoms with Gasteiger partial charge in [0.15, 0.2) is 6.10 Å². The number of rotatable bonds is 8. The molecule has 4 heteroatoms. The van der Waals surface area contributed by atoms with Gasteiger partial charge in [0.05, 0.1) is 6.61 Å². The first kappa shape index (κ1) is 17.5. The summed E-state index contributed by atoms with van der Waals surface area (Å²) < 4.78 is 5.80. The van der Waals surface area contributed by atoms with Gasteiger partial charge in [-0.25, -0.2) is 0 Å². The van der Waals surface area contributed by atoms with Crippen molar-refractivity contribution in [2.24, 2.45) is 0 Å². The Morgan fingerprint density at radius 2 is 1.90 bits per heavy atom. The van der Waals surface area contributed by atoms with Gasteiger partial charge in [0.25, 0.3) is 5.91 Å². The largest absolute Gasteiger partial charge is 0.480 e. The molecule has 0 saturated heterocycles. The molecule has 0 aliphatic carbocycles. The first-order valence-electron chi connectivity index (χ1n) is 7.65. The minimum absolute atomic E-state index is 0.00935. The van der Waals surface area contributed by atoms with E-state index in [4.69, 9.17) is 4.74 Å². The fraction of sp³-hybridized carbons (Fsp3) is 0.588. The summed E-state index contributed by atoms with van der Waals surface area (Å²) in [5.74, 6) is 0.638. The molecule has 0 heterocycles. The lowest BCUT2D eigenvalue weighted by atomic mass is 10.1. The fourth-order valence-corrected chi connectivity index (χ4v) is 2.28. The number of hydrogen-bond acceptors (Lipinski definition) is 3. The highest BCUT2D eigenvalue weighted by molar-refractivity contribution is 5.80. The van der Waals surface area contributed by atoms with Crippen LogP contribution in [0.2, 0.25) is 0 Å². The van der Waals surface area contributed by atoms with E-state index in [1.165, 1.54) is 0 Å². The van der Waals surface area contributed by atoms with Gasteiger partial charge in [-0.3, -0.25) is 4.79 Å². The summed E-state index contributed by atoms with van der Waals surface area (Å²) in [6, 6.07) is 3.77. The maximum absolute atomic E-state index is 12.0. The number of unbranched alkanes of at least 4 members (excludes halogenated alkanes) is 2. The molecule has 1 rings (SSSR count). The van der Waals surface area contributed by atoms with Gasteiger partial charge in [-0.15, -0.1) is 0 Å². The summed E-state index contributed by atoms with van der Waals surface area (Å²) in [6.07, 6.45) is 2.73. The number of aryl methyl sites for hydroxylation is 2. The molecule has 0 saturated carbocycles. The molecule has 0 aliphatic heterocycles. The number of aliphatic hydroxyl groups is 1. The van der Waals surface area contributed by atoms with Crippen molar-refractivity contribution < 1.29 is 14.6 Å². The number of nitrogens with one attached hydrogen (secondary N) is 1. The third-order valence-corrected chi connectivity index (χ3v) is 3.45. The molecule has 2 N–H and O–H groups in total.